The van der Waals surface area contributed by atoms with Crippen molar-refractivity contribution in [2.45, 2.75) is 160 Å². The van der Waals surface area contributed by atoms with Crippen molar-refractivity contribution in [2.75, 3.05) is 25.6 Å². The van der Waals surface area contributed by atoms with Crippen molar-refractivity contribution in [3.05, 3.63) is 144 Å². The summed E-state index contributed by atoms with van der Waals surface area (Å²) in [5, 5.41) is 31.2. The number of phosphoric acid groups is 2. The van der Waals surface area contributed by atoms with E-state index in [-0.39, 0.29) is 25.1 Å². The Kier molecular flexibility index (Phi) is 35.7. The Bertz CT molecular complexity index is 2250. The molecule has 0 spiro atoms. The van der Waals surface area contributed by atoms with Crippen LogP contribution in [-0.2, 0) is 46.3 Å². The molecule has 1 fully saturated rings. The summed E-state index contributed by atoms with van der Waals surface area (Å²) in [5.74, 6) is -1.53. The number of rotatable bonds is 40. The first-order chi connectivity index (χ1) is 36.1. The number of hydrogen-bond donors (Lipinski definition) is 6. The largest absolute Gasteiger partial charge is 0.481 e. The number of nitrogens with two attached hydrogens (primary N) is 1. The zero-order valence-electron chi connectivity index (χ0n) is 43.4. The number of aromatic nitrogens is 2. The molecule has 1 aromatic rings. The van der Waals surface area contributed by atoms with Gasteiger partial charge >= 0.3 is 33.3 Å². The number of hydrogen-bond acceptors (Lipinski definition) is 16. The predicted molar refractivity (Wildman–Crippen MR) is 290 cm³/mol. The molecule has 3 unspecified atom stereocenters. The maximum Gasteiger partial charge on any atom is 0.481 e. The zero-order chi connectivity index (χ0) is 55.0. The summed E-state index contributed by atoms with van der Waals surface area (Å²) in [6.07, 6.45) is 44.5. The van der Waals surface area contributed by atoms with E-state index in [9.17, 15) is 48.6 Å². The number of aliphatic hydroxyl groups excluding tert-OH is 3. The normalized spacial score (nSPS) is 20.2. The highest BCUT2D eigenvalue weighted by Crippen LogP contribution is 2.60. The van der Waals surface area contributed by atoms with Crippen LogP contribution in [0.1, 0.15) is 129 Å². The van der Waals surface area contributed by atoms with Gasteiger partial charge in [-0.05, 0) is 89.5 Å². The first-order valence-electron chi connectivity index (χ1n) is 25.7. The van der Waals surface area contributed by atoms with E-state index >= 15 is 0 Å². The molecule has 1 aliphatic rings. The van der Waals surface area contributed by atoms with Crippen molar-refractivity contribution < 1.29 is 71.4 Å². The van der Waals surface area contributed by atoms with E-state index in [4.69, 9.17) is 29.0 Å². The average molecular weight is 1090 g/mol. The fourth-order valence-electron chi connectivity index (χ4n) is 6.71. The van der Waals surface area contributed by atoms with Crippen LogP contribution < -0.4 is 11.4 Å². The van der Waals surface area contributed by atoms with E-state index in [2.05, 4.69) is 108 Å². The van der Waals surface area contributed by atoms with Crippen LogP contribution in [0.5, 0.6) is 0 Å². The molecule has 0 amide bonds. The zero-order valence-corrected chi connectivity index (χ0v) is 45.2. The highest BCUT2D eigenvalue weighted by molar-refractivity contribution is 7.61. The van der Waals surface area contributed by atoms with Crippen molar-refractivity contribution in [1.82, 2.24) is 9.55 Å². The van der Waals surface area contributed by atoms with Gasteiger partial charge in [-0.15, -0.1) is 0 Å². The average Bonchev–Trinajstić information content (AvgIpc) is 3.64. The third kappa shape index (κ3) is 33.0. The summed E-state index contributed by atoms with van der Waals surface area (Å²) in [6.45, 7) is 1.71. The Hall–Kier alpha value is -4.88. The van der Waals surface area contributed by atoms with E-state index in [0.717, 1.165) is 87.8 Å². The summed E-state index contributed by atoms with van der Waals surface area (Å²) in [7, 11) is -10.9. The maximum absolute atomic E-state index is 12.9. The number of aliphatic hydroxyl groups is 3. The minimum Gasteiger partial charge on any atom is -0.462 e. The second kappa shape index (κ2) is 40.4. The van der Waals surface area contributed by atoms with Crippen LogP contribution in [0, 0.1) is 0 Å². The number of anilines is 1. The van der Waals surface area contributed by atoms with Crippen molar-refractivity contribution in [3.8, 4) is 0 Å². The van der Waals surface area contributed by atoms with Gasteiger partial charge in [0.2, 0.25) is 0 Å². The minimum absolute atomic E-state index is 0.0230. The molecule has 21 heteroatoms. The quantitative estimate of drug-likeness (QED) is 0.0117. The van der Waals surface area contributed by atoms with E-state index in [1.54, 1.807) is 24.3 Å². The van der Waals surface area contributed by atoms with Crippen LogP contribution in [0.15, 0.2) is 139 Å². The Labute approximate surface area is 442 Å². The van der Waals surface area contributed by atoms with Crippen LogP contribution in [0.2, 0.25) is 0 Å². The van der Waals surface area contributed by atoms with E-state index in [1.807, 2.05) is 12.2 Å². The number of esters is 2. The summed E-state index contributed by atoms with van der Waals surface area (Å²) >= 11 is 0. The van der Waals surface area contributed by atoms with Crippen molar-refractivity contribution in [2.24, 2.45) is 0 Å². The molecule has 7 N–H and O–H groups in total. The Balaban J connectivity index is 1.87. The number of ether oxygens (including phenoxy) is 3. The summed E-state index contributed by atoms with van der Waals surface area (Å²) < 4.78 is 56.6. The lowest BCUT2D eigenvalue weighted by atomic mass is 10.1. The van der Waals surface area contributed by atoms with Gasteiger partial charge in [0.05, 0.1) is 19.3 Å². The Morgan fingerprint density at radius 2 is 1.27 bits per heavy atom. The van der Waals surface area contributed by atoms with Crippen LogP contribution in [0.3, 0.4) is 0 Å². The van der Waals surface area contributed by atoms with Crippen LogP contribution >= 0.6 is 15.6 Å². The lowest BCUT2D eigenvalue weighted by molar-refractivity contribution is -0.161. The van der Waals surface area contributed by atoms with E-state index in [0.29, 0.717) is 12.8 Å². The maximum atomic E-state index is 12.9. The highest BCUT2D eigenvalue weighted by Gasteiger charge is 2.46. The standard InChI is InChI=1S/C54H81N3O16P2/c1-3-5-7-9-11-13-15-17-18-19-20-22-24-26-28-30-34-39-50(60)71-46(42-68-49(59)38-35-31-33-37-45(58)36-32-29-27-25-23-21-16-14-12-10-8-6-4-2)43-69-74(64,65)73-75(66,67)70-44-47-51(61)52(62)53(72-47)57-41-40-48(55)56-54(57)63/h5-8,11-14,17-18,20-23,27,29,31-33,36,40-41,45-47,51-53,58,61-62H,3-4,9-10,15-16,19,24-26,28,30,34-35,37-39,42-44H2,1-2H3,(H,64,65)(H,66,67)(H2,55,56,63)/b7-5-,8-6-,13-11-,14-12-,18-17-,22-20-,23-21-,29-27-,33-31-,36-32-/t45?,46-,47-,51-,52-,53-/m1/s1. The molecule has 418 valence electrons. The molecule has 0 aliphatic carbocycles. The van der Waals surface area contributed by atoms with Crippen LogP contribution in [0.25, 0.3) is 0 Å². The van der Waals surface area contributed by atoms with Crippen LogP contribution in [0.4, 0.5) is 5.82 Å². The van der Waals surface area contributed by atoms with Gasteiger partial charge < -0.3 is 45.1 Å². The van der Waals surface area contributed by atoms with Crippen molar-refractivity contribution in [1.29, 1.82) is 0 Å². The number of allylic oxidation sites excluding steroid dienone is 18. The molecular formula is C54H81N3O16P2. The molecule has 19 nitrogen and oxygen atoms in total. The minimum atomic E-state index is -5.48. The lowest BCUT2D eigenvalue weighted by Crippen LogP contribution is -2.36. The number of carbonyl (C=O) groups excluding carboxylic acids is 2. The fraction of sp³-hybridized carbons (Fsp3) is 0.519. The summed E-state index contributed by atoms with van der Waals surface area (Å²) in [4.78, 5) is 61.9. The monoisotopic (exact) mass is 1090 g/mol. The van der Waals surface area contributed by atoms with Gasteiger partial charge in [0.1, 0.15) is 30.7 Å². The number of nitrogen functional groups attached to an aromatic ring is 1. The molecule has 1 aliphatic heterocycles. The fourth-order valence-corrected chi connectivity index (χ4v) is 8.82. The van der Waals surface area contributed by atoms with Gasteiger partial charge in [0.25, 0.3) is 0 Å². The Morgan fingerprint density at radius 3 is 1.88 bits per heavy atom. The smallest absolute Gasteiger partial charge is 0.462 e. The van der Waals surface area contributed by atoms with Gasteiger partial charge in [-0.3, -0.25) is 23.2 Å². The Morgan fingerprint density at radius 1 is 0.707 bits per heavy atom. The van der Waals surface area contributed by atoms with Gasteiger partial charge in [-0.2, -0.15) is 9.29 Å². The molecule has 0 bridgehead atoms. The second-order valence-electron chi connectivity index (χ2n) is 17.1. The molecule has 0 radical (unpaired) electrons. The van der Waals surface area contributed by atoms with Gasteiger partial charge in [0.15, 0.2) is 12.3 Å². The number of carbonyl (C=O) groups is 2. The number of nitrogens with zero attached hydrogens (tertiary/aromatic N) is 2. The molecule has 1 saturated heterocycles. The molecule has 0 aromatic carbocycles. The second-order valence-corrected chi connectivity index (χ2v) is 20.1. The lowest BCUT2D eigenvalue weighted by Gasteiger charge is -2.21. The molecule has 2 rings (SSSR count). The van der Waals surface area contributed by atoms with Crippen molar-refractivity contribution >= 4 is 33.4 Å². The molecule has 2 heterocycles. The first-order valence-corrected chi connectivity index (χ1v) is 28.6. The molecule has 0 saturated carbocycles. The summed E-state index contributed by atoms with van der Waals surface area (Å²) in [5.41, 5.74) is 4.57. The van der Waals surface area contributed by atoms with Gasteiger partial charge in [-0.1, -0.05) is 148 Å². The summed E-state index contributed by atoms with van der Waals surface area (Å²) in [6, 6.07) is 1.23. The topological polar surface area (TPSA) is 286 Å². The number of unbranched alkanes of at least 4 members (excludes halogenated alkanes) is 4. The van der Waals surface area contributed by atoms with Gasteiger partial charge in [0, 0.05) is 19.0 Å². The molecule has 8 atom stereocenters. The highest BCUT2D eigenvalue weighted by atomic mass is 31.3. The van der Waals surface area contributed by atoms with E-state index < -0.39 is 89.8 Å². The predicted octanol–water partition coefficient (Wildman–Crippen LogP) is 9.74. The molecule has 1 aromatic heterocycles. The number of phosphoric ester groups is 2. The molecule has 75 heavy (non-hydrogen) atoms. The molecular weight excluding hydrogens is 1010 g/mol. The third-order valence-electron chi connectivity index (χ3n) is 10.6. The van der Waals surface area contributed by atoms with Gasteiger partial charge in [-0.25, -0.2) is 13.9 Å². The SMILES string of the molecule is CC/C=C\C/C=C\C/C=C\C/C=C\C=C/C(O)C/C=C\CCC(=O)OC[C@H](COP(=O)(O)OP(=O)(O)OC[C@H]1O[C@@H](n2ccc(N)nc2=O)[C@H](O)[C@@H]1O)OC(=O)CCCCCC/C=C\C/C=C\C/C=C\C/C=C\CC. The van der Waals surface area contributed by atoms with Crippen LogP contribution in [-0.4, -0.2) is 96.9 Å². The van der Waals surface area contributed by atoms with Crippen molar-refractivity contribution in [3.63, 3.8) is 0 Å². The first kappa shape index (κ1) is 66.2. The third-order valence-corrected chi connectivity index (χ3v) is 13.2. The van der Waals surface area contributed by atoms with E-state index in [1.165, 1.54) is 6.07 Å².